The molecule has 3 aromatic rings. The summed E-state index contributed by atoms with van der Waals surface area (Å²) in [4.78, 5) is 30.8. The number of halogens is 1. The number of aromatic amines is 1. The van der Waals surface area contributed by atoms with Gasteiger partial charge in [-0.3, -0.25) is 14.9 Å². The van der Waals surface area contributed by atoms with E-state index in [0.29, 0.717) is 20.8 Å². The topological polar surface area (TPSA) is 88.9 Å². The molecular formula is C19H16IN3O3S. The molecule has 0 aliphatic rings. The van der Waals surface area contributed by atoms with Crippen molar-refractivity contribution in [2.75, 3.05) is 0 Å². The maximum Gasteiger partial charge on any atom is 0.269 e. The number of aromatic nitrogens is 2. The Hall–Kier alpha value is -2.20. The number of non-ortho nitro benzene ring substituents is 1. The van der Waals surface area contributed by atoms with Crippen LogP contribution in [0.15, 0.2) is 57.3 Å². The highest BCUT2D eigenvalue weighted by atomic mass is 127. The zero-order valence-corrected chi connectivity index (χ0v) is 17.6. The van der Waals surface area contributed by atoms with Gasteiger partial charge in [0.2, 0.25) is 0 Å². The maximum atomic E-state index is 12.3. The Labute approximate surface area is 173 Å². The lowest BCUT2D eigenvalue weighted by Gasteiger charge is -2.08. The Balaban J connectivity index is 1.89. The van der Waals surface area contributed by atoms with E-state index in [-0.39, 0.29) is 11.2 Å². The largest absolute Gasteiger partial charge is 0.300 e. The SMILES string of the molecule is Cc1cc(C)cc(Cc2nc(Sc3ccc([N+](=O)[O-])cc3)[nH]c(=O)c2I)c1. The molecule has 2 aromatic carbocycles. The number of nitro groups is 1. The van der Waals surface area contributed by atoms with E-state index >= 15 is 0 Å². The fourth-order valence-electron chi connectivity index (χ4n) is 2.76. The number of nitrogens with one attached hydrogen (secondary N) is 1. The van der Waals surface area contributed by atoms with Gasteiger partial charge in [0.05, 0.1) is 10.6 Å². The highest BCUT2D eigenvalue weighted by molar-refractivity contribution is 14.1. The maximum absolute atomic E-state index is 12.3. The second-order valence-corrected chi connectivity index (χ2v) is 8.30. The second-order valence-electron chi connectivity index (χ2n) is 6.16. The standard InChI is InChI=1S/C19H16IN3O3S/c1-11-7-12(2)9-13(8-11)10-16-17(20)18(24)22-19(21-16)27-15-5-3-14(4-6-15)23(25)26/h3-9H,10H2,1-2H3,(H,21,22,24). The molecule has 0 atom stereocenters. The van der Waals surface area contributed by atoms with Crippen LogP contribution in [0.3, 0.4) is 0 Å². The molecule has 0 bridgehead atoms. The average Bonchev–Trinajstić information content (AvgIpc) is 2.59. The third-order valence-corrected chi connectivity index (χ3v) is 5.83. The molecule has 0 radical (unpaired) electrons. The zero-order valence-electron chi connectivity index (χ0n) is 14.7. The van der Waals surface area contributed by atoms with Crippen LogP contribution in [0.25, 0.3) is 0 Å². The van der Waals surface area contributed by atoms with Gasteiger partial charge in [0.15, 0.2) is 5.16 Å². The molecule has 3 rings (SSSR count). The molecule has 27 heavy (non-hydrogen) atoms. The Morgan fingerprint density at radius 3 is 2.37 bits per heavy atom. The van der Waals surface area contributed by atoms with E-state index in [1.165, 1.54) is 35.0 Å². The minimum atomic E-state index is -0.443. The van der Waals surface area contributed by atoms with Crippen molar-refractivity contribution in [1.82, 2.24) is 9.97 Å². The molecule has 0 saturated heterocycles. The number of hydrogen-bond donors (Lipinski definition) is 1. The van der Waals surface area contributed by atoms with E-state index in [1.807, 2.05) is 36.4 Å². The lowest BCUT2D eigenvalue weighted by Crippen LogP contribution is -2.16. The minimum absolute atomic E-state index is 0.0268. The van der Waals surface area contributed by atoms with Crippen LogP contribution in [0.1, 0.15) is 22.4 Å². The molecule has 8 heteroatoms. The Bertz CT molecular complexity index is 1040. The fourth-order valence-corrected chi connectivity index (χ4v) is 4.00. The van der Waals surface area contributed by atoms with Crippen molar-refractivity contribution in [3.8, 4) is 0 Å². The normalized spacial score (nSPS) is 10.8. The highest BCUT2D eigenvalue weighted by Gasteiger charge is 2.12. The molecular weight excluding hydrogens is 477 g/mol. The van der Waals surface area contributed by atoms with E-state index in [4.69, 9.17) is 0 Å². The first-order chi connectivity index (χ1) is 12.8. The van der Waals surface area contributed by atoms with Crippen molar-refractivity contribution in [3.63, 3.8) is 0 Å². The first-order valence-electron chi connectivity index (χ1n) is 8.10. The molecule has 0 saturated carbocycles. The Morgan fingerprint density at radius 1 is 1.15 bits per heavy atom. The number of hydrogen-bond acceptors (Lipinski definition) is 5. The smallest absolute Gasteiger partial charge is 0.269 e. The van der Waals surface area contributed by atoms with Crippen molar-refractivity contribution >= 4 is 40.0 Å². The average molecular weight is 493 g/mol. The summed E-state index contributed by atoms with van der Waals surface area (Å²) in [5.41, 5.74) is 4.01. The minimum Gasteiger partial charge on any atom is -0.300 e. The highest BCUT2D eigenvalue weighted by Crippen LogP contribution is 2.27. The van der Waals surface area contributed by atoms with Gasteiger partial charge in [-0.15, -0.1) is 0 Å². The van der Waals surface area contributed by atoms with Crippen LogP contribution >= 0.6 is 34.4 Å². The van der Waals surface area contributed by atoms with E-state index in [2.05, 4.69) is 28.2 Å². The van der Waals surface area contributed by atoms with Gasteiger partial charge in [-0.2, -0.15) is 0 Å². The van der Waals surface area contributed by atoms with Gasteiger partial charge < -0.3 is 4.98 Å². The lowest BCUT2D eigenvalue weighted by molar-refractivity contribution is -0.384. The summed E-state index contributed by atoms with van der Waals surface area (Å²) in [5, 5.41) is 11.2. The molecule has 0 aliphatic carbocycles. The first-order valence-corrected chi connectivity index (χ1v) is 9.99. The number of H-pyrrole nitrogens is 1. The summed E-state index contributed by atoms with van der Waals surface area (Å²) in [7, 11) is 0. The van der Waals surface area contributed by atoms with Crippen LogP contribution in [0.4, 0.5) is 5.69 Å². The molecule has 1 N–H and O–H groups in total. The van der Waals surface area contributed by atoms with Crippen molar-refractivity contribution < 1.29 is 4.92 Å². The molecule has 0 fully saturated rings. The van der Waals surface area contributed by atoms with Gasteiger partial charge in [0, 0.05) is 23.4 Å². The van der Waals surface area contributed by atoms with Gasteiger partial charge in [-0.05, 0) is 54.1 Å². The molecule has 6 nitrogen and oxygen atoms in total. The summed E-state index contributed by atoms with van der Waals surface area (Å²) in [5.74, 6) is 0. The third-order valence-electron chi connectivity index (χ3n) is 3.82. The zero-order chi connectivity index (χ0) is 19.6. The summed E-state index contributed by atoms with van der Waals surface area (Å²) >= 11 is 3.29. The fraction of sp³-hybridized carbons (Fsp3) is 0.158. The van der Waals surface area contributed by atoms with Gasteiger partial charge in [0.1, 0.15) is 3.57 Å². The Kier molecular flexibility index (Phi) is 5.95. The Morgan fingerprint density at radius 2 is 1.78 bits per heavy atom. The van der Waals surface area contributed by atoms with Crippen molar-refractivity contribution in [2.45, 2.75) is 30.3 Å². The summed E-state index contributed by atoms with van der Waals surface area (Å²) in [6, 6.07) is 12.4. The van der Waals surface area contributed by atoms with Crippen molar-refractivity contribution in [3.05, 3.63) is 88.9 Å². The third kappa shape index (κ3) is 4.95. The molecule has 0 unspecified atom stereocenters. The van der Waals surface area contributed by atoms with Crippen LogP contribution in [0.2, 0.25) is 0 Å². The quantitative estimate of drug-likeness (QED) is 0.242. The summed E-state index contributed by atoms with van der Waals surface area (Å²) in [6.45, 7) is 4.09. The van der Waals surface area contributed by atoms with Gasteiger partial charge in [0.25, 0.3) is 11.2 Å². The van der Waals surface area contributed by atoms with E-state index in [0.717, 1.165) is 10.5 Å². The number of benzene rings is 2. The van der Waals surface area contributed by atoms with Crippen molar-refractivity contribution in [2.24, 2.45) is 0 Å². The molecule has 0 amide bonds. The van der Waals surface area contributed by atoms with Gasteiger partial charge in [-0.1, -0.05) is 41.1 Å². The molecule has 1 aromatic heterocycles. The molecule has 138 valence electrons. The van der Waals surface area contributed by atoms with Gasteiger partial charge in [-0.25, -0.2) is 4.98 Å². The number of rotatable bonds is 5. The first kappa shape index (κ1) is 19.6. The van der Waals surface area contributed by atoms with Gasteiger partial charge >= 0.3 is 0 Å². The van der Waals surface area contributed by atoms with Crippen LogP contribution in [0, 0.1) is 27.5 Å². The number of nitro benzene ring substituents is 1. The van der Waals surface area contributed by atoms with Crippen LogP contribution in [0.5, 0.6) is 0 Å². The van der Waals surface area contributed by atoms with Crippen LogP contribution < -0.4 is 5.56 Å². The van der Waals surface area contributed by atoms with E-state index in [9.17, 15) is 14.9 Å². The number of aryl methyl sites for hydroxylation is 2. The molecule has 0 spiro atoms. The second kappa shape index (κ2) is 8.22. The molecule has 0 aliphatic heterocycles. The van der Waals surface area contributed by atoms with Crippen LogP contribution in [-0.4, -0.2) is 14.9 Å². The summed E-state index contributed by atoms with van der Waals surface area (Å²) in [6.07, 6.45) is 0.568. The van der Waals surface area contributed by atoms with Crippen molar-refractivity contribution in [1.29, 1.82) is 0 Å². The lowest BCUT2D eigenvalue weighted by atomic mass is 10.0. The number of nitrogens with zero attached hydrogens (tertiary/aromatic N) is 2. The predicted octanol–water partition coefficient (Wildman–Crippen LogP) is 4.64. The van der Waals surface area contributed by atoms with Crippen LogP contribution in [-0.2, 0) is 6.42 Å². The monoisotopic (exact) mass is 493 g/mol. The van der Waals surface area contributed by atoms with E-state index in [1.54, 1.807) is 12.1 Å². The summed E-state index contributed by atoms with van der Waals surface area (Å²) < 4.78 is 0.569. The van der Waals surface area contributed by atoms with E-state index < -0.39 is 4.92 Å². The predicted molar refractivity (Wildman–Crippen MR) is 114 cm³/mol. The molecule has 1 heterocycles.